The Hall–Kier alpha value is -4.33. The Morgan fingerprint density at radius 1 is 1.15 bits per heavy atom. The number of phenols is 1. The zero-order valence-corrected chi connectivity index (χ0v) is 22.0. The van der Waals surface area contributed by atoms with Crippen LogP contribution < -0.4 is 4.90 Å². The molecule has 41 heavy (non-hydrogen) atoms. The number of anilines is 1. The van der Waals surface area contributed by atoms with Crippen LogP contribution >= 0.6 is 0 Å². The average Bonchev–Trinajstić information content (AvgIpc) is 3.27. The standard InChI is InChI=1S/C27H25F5N6O3/c1-36-25-18(23(35-36)17-11-19(27(30,31)32)22(29)24(40)21(17)28)12-33-26(34-25)38-9-8-37(20(39)14-41-2)13-16(38)10-15-6-4-3-5-7-15/h3-7,11-12,16,40H,8-10,13-14H2,1-2H3/t16-/m1/s1. The lowest BCUT2D eigenvalue weighted by molar-refractivity contribution is -0.140. The minimum atomic E-state index is -5.18. The fraction of sp³-hybridized carbons (Fsp3) is 0.333. The third-order valence-electron chi connectivity index (χ3n) is 6.98. The Morgan fingerprint density at radius 2 is 1.88 bits per heavy atom. The third kappa shape index (κ3) is 5.38. The van der Waals surface area contributed by atoms with E-state index in [1.165, 1.54) is 25.0 Å². The van der Waals surface area contributed by atoms with Crippen LogP contribution in [0.3, 0.4) is 0 Å². The second-order valence-corrected chi connectivity index (χ2v) is 9.64. The quantitative estimate of drug-likeness (QED) is 0.348. The number of carbonyl (C=O) groups excluding carboxylic acids is 1. The maximum Gasteiger partial charge on any atom is 0.419 e. The molecule has 0 bridgehead atoms. The Kier molecular flexibility index (Phi) is 7.51. The van der Waals surface area contributed by atoms with Crippen molar-refractivity contribution in [3.8, 4) is 17.0 Å². The number of hydrogen-bond donors (Lipinski definition) is 1. The first-order valence-electron chi connectivity index (χ1n) is 12.5. The summed E-state index contributed by atoms with van der Waals surface area (Å²) >= 11 is 0. The number of aromatic hydroxyl groups is 1. The number of hydrogen-bond acceptors (Lipinski definition) is 7. The molecule has 1 aliphatic heterocycles. The fourth-order valence-corrected chi connectivity index (χ4v) is 4.99. The van der Waals surface area contributed by atoms with Crippen LogP contribution in [0.5, 0.6) is 5.75 Å². The molecule has 0 radical (unpaired) electrons. The monoisotopic (exact) mass is 576 g/mol. The molecule has 1 N–H and O–H groups in total. The number of carbonyl (C=O) groups is 1. The number of amides is 1. The Bertz CT molecular complexity index is 1590. The van der Waals surface area contributed by atoms with Crippen molar-refractivity contribution >= 4 is 22.9 Å². The molecule has 2 aromatic carbocycles. The summed E-state index contributed by atoms with van der Waals surface area (Å²) in [6.45, 7) is 1.09. The molecule has 3 heterocycles. The maximum absolute atomic E-state index is 14.8. The van der Waals surface area contributed by atoms with E-state index in [1.807, 2.05) is 35.2 Å². The van der Waals surface area contributed by atoms with E-state index in [1.54, 1.807) is 4.90 Å². The molecule has 216 valence electrons. The van der Waals surface area contributed by atoms with E-state index in [2.05, 4.69) is 15.1 Å². The van der Waals surface area contributed by atoms with Crippen LogP contribution in [0.2, 0.25) is 0 Å². The summed E-state index contributed by atoms with van der Waals surface area (Å²) in [6, 6.07) is 9.69. The van der Waals surface area contributed by atoms with E-state index < -0.39 is 34.7 Å². The normalized spacial score (nSPS) is 16.0. The Labute approximate surface area is 230 Å². The van der Waals surface area contributed by atoms with Gasteiger partial charge in [0.25, 0.3) is 0 Å². The SMILES string of the molecule is COCC(=O)N1CCN(c2ncc3c(-c4cc(C(F)(F)F)c(F)c(O)c4F)nn(C)c3n2)[C@H](Cc2ccccc2)C1. The van der Waals surface area contributed by atoms with Crippen molar-refractivity contribution in [3.05, 3.63) is 65.4 Å². The molecule has 1 saturated heterocycles. The van der Waals surface area contributed by atoms with Crippen molar-refractivity contribution in [1.82, 2.24) is 24.6 Å². The van der Waals surface area contributed by atoms with Gasteiger partial charge in [0.05, 0.1) is 17.0 Å². The lowest BCUT2D eigenvalue weighted by Gasteiger charge is -2.41. The van der Waals surface area contributed by atoms with Crippen LogP contribution in [0.4, 0.5) is 27.9 Å². The molecule has 1 amide bonds. The molecule has 14 heteroatoms. The summed E-state index contributed by atoms with van der Waals surface area (Å²) in [4.78, 5) is 25.2. The first-order chi connectivity index (χ1) is 19.5. The van der Waals surface area contributed by atoms with Gasteiger partial charge in [-0.05, 0) is 18.1 Å². The number of nitrogens with zero attached hydrogens (tertiary/aromatic N) is 6. The number of benzene rings is 2. The molecule has 5 rings (SSSR count). The highest BCUT2D eigenvalue weighted by molar-refractivity contribution is 5.91. The minimum Gasteiger partial charge on any atom is -0.503 e. The highest BCUT2D eigenvalue weighted by Gasteiger charge is 2.38. The molecule has 9 nitrogen and oxygen atoms in total. The number of aromatic nitrogens is 4. The molecule has 0 unspecified atom stereocenters. The minimum absolute atomic E-state index is 0.0517. The lowest BCUT2D eigenvalue weighted by atomic mass is 10.0. The topological polar surface area (TPSA) is 96.6 Å². The second-order valence-electron chi connectivity index (χ2n) is 9.64. The van der Waals surface area contributed by atoms with E-state index in [4.69, 9.17) is 4.74 Å². The number of aryl methyl sites for hydroxylation is 1. The van der Waals surface area contributed by atoms with Gasteiger partial charge < -0.3 is 19.6 Å². The Morgan fingerprint density at radius 3 is 2.56 bits per heavy atom. The molecule has 1 aliphatic rings. The van der Waals surface area contributed by atoms with Crippen molar-refractivity contribution in [1.29, 1.82) is 0 Å². The van der Waals surface area contributed by atoms with Gasteiger partial charge >= 0.3 is 6.18 Å². The van der Waals surface area contributed by atoms with Gasteiger partial charge in [0.2, 0.25) is 11.9 Å². The predicted octanol–water partition coefficient (Wildman–Crippen LogP) is 3.94. The molecule has 4 aromatic rings. The van der Waals surface area contributed by atoms with Crippen LogP contribution in [-0.4, -0.2) is 75.1 Å². The zero-order chi connectivity index (χ0) is 29.5. The van der Waals surface area contributed by atoms with Gasteiger partial charge in [-0.1, -0.05) is 30.3 Å². The number of halogens is 5. The summed E-state index contributed by atoms with van der Waals surface area (Å²) < 4.78 is 75.3. The van der Waals surface area contributed by atoms with E-state index >= 15 is 0 Å². The molecule has 0 saturated carbocycles. The van der Waals surface area contributed by atoms with Crippen molar-refractivity contribution in [2.24, 2.45) is 7.05 Å². The number of fused-ring (bicyclic) bond motifs is 1. The van der Waals surface area contributed by atoms with E-state index in [0.29, 0.717) is 26.1 Å². The van der Waals surface area contributed by atoms with Crippen molar-refractivity contribution < 1.29 is 36.6 Å². The van der Waals surface area contributed by atoms with Gasteiger partial charge in [-0.15, -0.1) is 0 Å². The van der Waals surface area contributed by atoms with Gasteiger partial charge in [0, 0.05) is 45.6 Å². The second kappa shape index (κ2) is 10.9. The molecule has 2 aromatic heterocycles. The molecule has 1 atom stereocenters. The van der Waals surface area contributed by atoms with Gasteiger partial charge in [-0.3, -0.25) is 4.79 Å². The number of phenolic OH excluding ortho intramolecular Hbond substituents is 1. The number of piperazine rings is 1. The van der Waals surface area contributed by atoms with Crippen LogP contribution in [0, 0.1) is 11.6 Å². The fourth-order valence-electron chi connectivity index (χ4n) is 4.99. The van der Waals surface area contributed by atoms with Crippen LogP contribution in [0.15, 0.2) is 42.6 Å². The van der Waals surface area contributed by atoms with Crippen LogP contribution in [-0.2, 0) is 29.2 Å². The summed E-state index contributed by atoms with van der Waals surface area (Å²) in [6.07, 6.45) is -3.32. The summed E-state index contributed by atoms with van der Waals surface area (Å²) in [5, 5.41) is 14.0. The molecular weight excluding hydrogens is 551 g/mol. The largest absolute Gasteiger partial charge is 0.503 e. The van der Waals surface area contributed by atoms with Gasteiger partial charge in [0.1, 0.15) is 12.3 Å². The highest BCUT2D eigenvalue weighted by atomic mass is 19.4. The van der Waals surface area contributed by atoms with Crippen molar-refractivity contribution in [2.45, 2.75) is 18.6 Å². The summed E-state index contributed by atoms with van der Waals surface area (Å²) in [7, 11) is 2.92. The molecule has 0 aliphatic carbocycles. The number of alkyl halides is 3. The molecule has 1 fully saturated rings. The third-order valence-corrected chi connectivity index (χ3v) is 6.98. The van der Waals surface area contributed by atoms with Gasteiger partial charge in [-0.25, -0.2) is 18.4 Å². The summed E-state index contributed by atoms with van der Waals surface area (Å²) in [5.41, 5.74) is -1.65. The molecule has 0 spiro atoms. The van der Waals surface area contributed by atoms with Crippen LogP contribution in [0.1, 0.15) is 11.1 Å². The Balaban J connectivity index is 1.54. The van der Waals surface area contributed by atoms with E-state index in [-0.39, 0.29) is 47.3 Å². The van der Waals surface area contributed by atoms with Gasteiger partial charge in [-0.2, -0.15) is 23.3 Å². The summed E-state index contributed by atoms with van der Waals surface area (Å²) in [5.74, 6) is -5.31. The maximum atomic E-state index is 14.8. The zero-order valence-electron chi connectivity index (χ0n) is 22.0. The van der Waals surface area contributed by atoms with Crippen molar-refractivity contribution in [3.63, 3.8) is 0 Å². The average molecular weight is 577 g/mol. The lowest BCUT2D eigenvalue weighted by Crippen LogP contribution is -2.56. The number of rotatable bonds is 6. The first kappa shape index (κ1) is 28.2. The number of methoxy groups -OCH3 is 1. The number of ether oxygens (including phenoxy) is 1. The molecular formula is C27H25F5N6O3. The van der Waals surface area contributed by atoms with Gasteiger partial charge in [0.15, 0.2) is 23.0 Å². The van der Waals surface area contributed by atoms with Crippen molar-refractivity contribution in [2.75, 3.05) is 38.3 Å². The predicted molar refractivity (Wildman–Crippen MR) is 138 cm³/mol. The van der Waals surface area contributed by atoms with Crippen LogP contribution in [0.25, 0.3) is 22.3 Å². The smallest absolute Gasteiger partial charge is 0.419 e. The first-order valence-corrected chi connectivity index (χ1v) is 12.5. The van der Waals surface area contributed by atoms with E-state index in [9.17, 15) is 31.9 Å². The van der Waals surface area contributed by atoms with E-state index in [0.717, 1.165) is 5.56 Å². The highest BCUT2D eigenvalue weighted by Crippen LogP contribution is 2.41.